The first-order valence-electron chi connectivity index (χ1n) is 10.2. The number of carbonyl (C=O) groups excluding carboxylic acids is 2. The molecule has 2 N–H and O–H groups in total. The molecule has 7 nitrogen and oxygen atoms in total. The molecule has 0 spiro atoms. The van der Waals surface area contributed by atoms with E-state index in [1.54, 1.807) is 43.0 Å². The summed E-state index contributed by atoms with van der Waals surface area (Å²) in [4.78, 5) is 26.0. The standard InChI is InChI=1S/C22H25N3O4S/c1-3-21(26)23-17-8-9-20(14(2)12-17)30(28,29)24-18-7-6-15-10-11-25(19(15)13-18)22(27)16-4-5-16/h6-9,12-13,16,24H,3-5,10-11H2,1-2H3,(H,23,26). The molecule has 4 rings (SSSR count). The van der Waals surface area contributed by atoms with Gasteiger partial charge >= 0.3 is 0 Å². The molecule has 0 aromatic heterocycles. The Morgan fingerprint density at radius 1 is 1.10 bits per heavy atom. The van der Waals surface area contributed by atoms with Crippen LogP contribution >= 0.6 is 0 Å². The molecular formula is C22H25N3O4S. The number of sulfonamides is 1. The van der Waals surface area contributed by atoms with Crippen molar-refractivity contribution in [2.75, 3.05) is 21.5 Å². The smallest absolute Gasteiger partial charge is 0.262 e. The topological polar surface area (TPSA) is 95.6 Å². The highest BCUT2D eigenvalue weighted by atomic mass is 32.2. The third-order valence-electron chi connectivity index (χ3n) is 5.49. The van der Waals surface area contributed by atoms with Gasteiger partial charge in [-0.15, -0.1) is 0 Å². The van der Waals surface area contributed by atoms with Gasteiger partial charge in [-0.3, -0.25) is 14.3 Å². The highest BCUT2D eigenvalue weighted by Gasteiger charge is 2.36. The van der Waals surface area contributed by atoms with Crippen LogP contribution in [0.2, 0.25) is 0 Å². The van der Waals surface area contributed by atoms with Crippen LogP contribution in [-0.2, 0) is 26.0 Å². The summed E-state index contributed by atoms with van der Waals surface area (Å²) in [6.07, 6.45) is 3.00. The van der Waals surface area contributed by atoms with Crippen LogP contribution < -0.4 is 14.9 Å². The fraction of sp³-hybridized carbons (Fsp3) is 0.364. The molecule has 8 heteroatoms. The normalized spacial score (nSPS) is 15.6. The summed E-state index contributed by atoms with van der Waals surface area (Å²) in [7, 11) is -3.82. The number of fused-ring (bicyclic) bond motifs is 1. The van der Waals surface area contributed by atoms with Crippen LogP contribution in [0.25, 0.3) is 0 Å². The summed E-state index contributed by atoms with van der Waals surface area (Å²) >= 11 is 0. The molecule has 1 heterocycles. The minimum atomic E-state index is -3.82. The van der Waals surface area contributed by atoms with Crippen LogP contribution in [0.3, 0.4) is 0 Å². The lowest BCUT2D eigenvalue weighted by molar-refractivity contribution is -0.119. The molecule has 0 saturated heterocycles. The van der Waals surface area contributed by atoms with Crippen molar-refractivity contribution in [1.29, 1.82) is 0 Å². The highest BCUT2D eigenvalue weighted by molar-refractivity contribution is 7.92. The van der Waals surface area contributed by atoms with Crippen molar-refractivity contribution in [3.8, 4) is 0 Å². The Morgan fingerprint density at radius 2 is 1.83 bits per heavy atom. The molecule has 2 aromatic carbocycles. The zero-order chi connectivity index (χ0) is 21.5. The van der Waals surface area contributed by atoms with Crippen molar-refractivity contribution in [3.63, 3.8) is 0 Å². The molecule has 1 fully saturated rings. The lowest BCUT2D eigenvalue weighted by Crippen LogP contribution is -2.30. The Balaban J connectivity index is 1.56. The first-order chi connectivity index (χ1) is 14.3. The second-order valence-electron chi connectivity index (χ2n) is 7.85. The van der Waals surface area contributed by atoms with E-state index in [4.69, 9.17) is 0 Å². The maximum atomic E-state index is 13.0. The van der Waals surface area contributed by atoms with E-state index in [-0.39, 0.29) is 22.6 Å². The molecular weight excluding hydrogens is 402 g/mol. The predicted molar refractivity (Wildman–Crippen MR) is 116 cm³/mol. The number of benzene rings is 2. The average molecular weight is 428 g/mol. The SMILES string of the molecule is CCC(=O)Nc1ccc(S(=O)(=O)Nc2ccc3c(c2)N(C(=O)C2CC2)CC3)c(C)c1. The number of amides is 2. The zero-order valence-corrected chi connectivity index (χ0v) is 17.9. The van der Waals surface area contributed by atoms with Gasteiger partial charge in [-0.05, 0) is 67.6 Å². The van der Waals surface area contributed by atoms with Crippen LogP contribution in [-0.4, -0.2) is 26.8 Å². The third-order valence-corrected chi connectivity index (χ3v) is 7.04. The minimum absolute atomic E-state index is 0.116. The van der Waals surface area contributed by atoms with Crippen molar-refractivity contribution < 1.29 is 18.0 Å². The Labute approximate surface area is 176 Å². The summed E-state index contributed by atoms with van der Waals surface area (Å²) in [5, 5.41) is 2.73. The van der Waals surface area contributed by atoms with Crippen LogP contribution in [0.4, 0.5) is 17.1 Å². The first kappa shape index (κ1) is 20.4. The van der Waals surface area contributed by atoms with E-state index in [2.05, 4.69) is 10.0 Å². The summed E-state index contributed by atoms with van der Waals surface area (Å²) < 4.78 is 28.6. The van der Waals surface area contributed by atoms with Gasteiger partial charge in [0.2, 0.25) is 11.8 Å². The van der Waals surface area contributed by atoms with E-state index in [1.807, 2.05) is 6.07 Å². The van der Waals surface area contributed by atoms with Gasteiger partial charge in [0.15, 0.2) is 0 Å². The van der Waals surface area contributed by atoms with Crippen LogP contribution in [0.15, 0.2) is 41.3 Å². The molecule has 2 aliphatic rings. The van der Waals surface area contributed by atoms with Crippen molar-refractivity contribution in [2.45, 2.75) is 44.4 Å². The summed E-state index contributed by atoms with van der Waals surface area (Å²) in [6.45, 7) is 4.08. The largest absolute Gasteiger partial charge is 0.326 e. The van der Waals surface area contributed by atoms with E-state index in [1.165, 1.54) is 6.07 Å². The molecule has 0 unspecified atom stereocenters. The predicted octanol–water partition coefficient (Wildman–Crippen LogP) is 3.44. The van der Waals surface area contributed by atoms with Crippen LogP contribution in [0.5, 0.6) is 0 Å². The molecule has 158 valence electrons. The average Bonchev–Trinajstić information content (AvgIpc) is 3.46. The Hall–Kier alpha value is -2.87. The quantitative estimate of drug-likeness (QED) is 0.738. The van der Waals surface area contributed by atoms with Gasteiger partial charge in [0.05, 0.1) is 10.6 Å². The van der Waals surface area contributed by atoms with Gasteiger partial charge in [0.1, 0.15) is 0 Å². The van der Waals surface area contributed by atoms with Crippen molar-refractivity contribution in [2.24, 2.45) is 5.92 Å². The van der Waals surface area contributed by atoms with Gasteiger partial charge < -0.3 is 10.2 Å². The van der Waals surface area contributed by atoms with Gasteiger partial charge in [-0.1, -0.05) is 13.0 Å². The number of aryl methyl sites for hydroxylation is 1. The van der Waals surface area contributed by atoms with E-state index in [0.29, 0.717) is 29.9 Å². The number of hydrogen-bond donors (Lipinski definition) is 2. The Morgan fingerprint density at radius 3 is 2.50 bits per heavy atom. The zero-order valence-electron chi connectivity index (χ0n) is 17.1. The van der Waals surface area contributed by atoms with Gasteiger partial charge in [-0.25, -0.2) is 8.42 Å². The monoisotopic (exact) mass is 427 g/mol. The fourth-order valence-corrected chi connectivity index (χ4v) is 4.99. The number of carbonyl (C=O) groups is 2. The molecule has 1 aliphatic heterocycles. The van der Waals surface area contributed by atoms with E-state index >= 15 is 0 Å². The van der Waals surface area contributed by atoms with Crippen molar-refractivity contribution >= 4 is 38.9 Å². The molecule has 1 aliphatic carbocycles. The molecule has 0 bridgehead atoms. The van der Waals surface area contributed by atoms with E-state index in [9.17, 15) is 18.0 Å². The Kier molecular flexibility index (Phi) is 5.27. The molecule has 2 aromatic rings. The van der Waals surface area contributed by atoms with Gasteiger partial charge in [0.25, 0.3) is 10.0 Å². The molecule has 1 saturated carbocycles. The first-order valence-corrected chi connectivity index (χ1v) is 11.6. The summed E-state index contributed by atoms with van der Waals surface area (Å²) in [5.41, 5.74) is 3.36. The van der Waals surface area contributed by atoms with Gasteiger partial charge in [-0.2, -0.15) is 0 Å². The van der Waals surface area contributed by atoms with E-state index < -0.39 is 10.0 Å². The lowest BCUT2D eigenvalue weighted by atomic mass is 10.1. The lowest BCUT2D eigenvalue weighted by Gasteiger charge is -2.18. The number of anilines is 3. The minimum Gasteiger partial charge on any atom is -0.326 e. The third kappa shape index (κ3) is 4.05. The molecule has 30 heavy (non-hydrogen) atoms. The number of nitrogens with zero attached hydrogens (tertiary/aromatic N) is 1. The maximum Gasteiger partial charge on any atom is 0.262 e. The maximum absolute atomic E-state index is 13.0. The fourth-order valence-electron chi connectivity index (χ4n) is 3.71. The highest BCUT2D eigenvalue weighted by Crippen LogP contribution is 2.38. The van der Waals surface area contributed by atoms with Crippen LogP contribution in [0, 0.1) is 12.8 Å². The summed E-state index contributed by atoms with van der Waals surface area (Å²) in [5.74, 6) is 0.117. The molecule has 0 radical (unpaired) electrons. The number of hydrogen-bond acceptors (Lipinski definition) is 4. The Bertz CT molecular complexity index is 1120. The van der Waals surface area contributed by atoms with Gasteiger partial charge in [0, 0.05) is 30.3 Å². The number of nitrogens with one attached hydrogen (secondary N) is 2. The van der Waals surface area contributed by atoms with Crippen molar-refractivity contribution in [3.05, 3.63) is 47.5 Å². The summed E-state index contributed by atoms with van der Waals surface area (Å²) in [6, 6.07) is 10.1. The van der Waals surface area contributed by atoms with E-state index in [0.717, 1.165) is 30.5 Å². The van der Waals surface area contributed by atoms with Crippen molar-refractivity contribution in [1.82, 2.24) is 0 Å². The van der Waals surface area contributed by atoms with Crippen LogP contribution in [0.1, 0.15) is 37.3 Å². The second kappa shape index (κ2) is 7.75. The molecule has 0 atom stereocenters. The number of rotatable bonds is 6. The molecule has 2 amide bonds. The second-order valence-corrected chi connectivity index (χ2v) is 9.50.